The summed E-state index contributed by atoms with van der Waals surface area (Å²) in [7, 11) is -4.13. The van der Waals surface area contributed by atoms with Crippen molar-refractivity contribution in [1.82, 2.24) is 5.43 Å². The number of hydrogen-bond donors (Lipinski definition) is 2. The van der Waals surface area contributed by atoms with Crippen molar-refractivity contribution in [2.75, 3.05) is 16.2 Å². The van der Waals surface area contributed by atoms with Crippen LogP contribution in [0.25, 0.3) is 0 Å². The quantitative estimate of drug-likeness (QED) is 0.135. The lowest BCUT2D eigenvalue weighted by molar-refractivity contribution is -0.119. The topological polar surface area (TPSA) is 90.9 Å². The van der Waals surface area contributed by atoms with Gasteiger partial charge in [-0.15, -0.1) is 0 Å². The smallest absolute Gasteiger partial charge is 0.264 e. The molecule has 0 fully saturated rings. The largest absolute Gasteiger partial charge is 0.378 e. The van der Waals surface area contributed by atoms with Gasteiger partial charge in [-0.2, -0.15) is 5.10 Å². The van der Waals surface area contributed by atoms with E-state index in [-0.39, 0.29) is 34.3 Å². The number of carbonyl (C=O) groups is 1. The van der Waals surface area contributed by atoms with Crippen LogP contribution in [0.15, 0.2) is 119 Å². The van der Waals surface area contributed by atoms with E-state index in [9.17, 15) is 22.0 Å². The zero-order chi connectivity index (χ0) is 30.8. The molecule has 0 saturated carbocycles. The molecule has 44 heavy (non-hydrogen) atoms. The number of hydrogen-bond acceptors (Lipinski definition) is 5. The Balaban J connectivity index is 1.21. The molecule has 0 aromatic heterocycles. The Morgan fingerprint density at radius 1 is 0.955 bits per heavy atom. The molecule has 2 aliphatic rings. The summed E-state index contributed by atoms with van der Waals surface area (Å²) in [4.78, 5) is 13.0. The van der Waals surface area contributed by atoms with E-state index in [4.69, 9.17) is 0 Å². The van der Waals surface area contributed by atoms with Crippen molar-refractivity contribution in [2.45, 2.75) is 30.2 Å². The fraction of sp³-hybridized carbons (Fsp3) is 0.176. The highest BCUT2D eigenvalue weighted by Crippen LogP contribution is 2.50. The minimum atomic E-state index is -4.13. The van der Waals surface area contributed by atoms with Crippen LogP contribution < -0.4 is 15.0 Å². The second kappa shape index (κ2) is 12.0. The molecule has 0 saturated heterocycles. The molecular formula is C34H30F2N4O3S. The summed E-state index contributed by atoms with van der Waals surface area (Å²) >= 11 is 0. The second-order valence-electron chi connectivity index (χ2n) is 10.9. The van der Waals surface area contributed by atoms with Crippen LogP contribution in [-0.2, 0) is 14.8 Å². The zero-order valence-corrected chi connectivity index (χ0v) is 24.6. The molecule has 1 amide bonds. The van der Waals surface area contributed by atoms with Gasteiger partial charge in [0, 0.05) is 11.6 Å². The van der Waals surface area contributed by atoms with Gasteiger partial charge < -0.3 is 5.32 Å². The first-order valence-electron chi connectivity index (χ1n) is 14.2. The fourth-order valence-electron chi connectivity index (χ4n) is 5.84. The van der Waals surface area contributed by atoms with Gasteiger partial charge in [-0.3, -0.25) is 9.10 Å². The molecule has 6 rings (SSSR count). The molecular weight excluding hydrogens is 582 g/mol. The number of carbonyl (C=O) groups excluding carboxylic acids is 1. The molecule has 0 radical (unpaired) electrons. The number of amides is 1. The number of anilines is 2. The highest BCUT2D eigenvalue weighted by Gasteiger charge is 2.38. The maximum atomic E-state index is 13.6. The van der Waals surface area contributed by atoms with Gasteiger partial charge in [0.05, 0.1) is 22.3 Å². The molecule has 3 atom stereocenters. The number of nitrogens with one attached hydrogen (secondary N) is 2. The van der Waals surface area contributed by atoms with Crippen LogP contribution in [0.4, 0.5) is 20.2 Å². The van der Waals surface area contributed by atoms with Gasteiger partial charge >= 0.3 is 0 Å². The van der Waals surface area contributed by atoms with Gasteiger partial charge in [-0.25, -0.2) is 22.6 Å². The van der Waals surface area contributed by atoms with Crippen LogP contribution in [0.5, 0.6) is 0 Å². The fourth-order valence-corrected chi connectivity index (χ4v) is 7.28. The highest BCUT2D eigenvalue weighted by atomic mass is 32.2. The molecule has 1 aliphatic heterocycles. The maximum absolute atomic E-state index is 13.6. The molecule has 1 aliphatic carbocycles. The summed E-state index contributed by atoms with van der Waals surface area (Å²) in [6.45, 7) is 1.20. The lowest BCUT2D eigenvalue weighted by Crippen LogP contribution is -2.39. The third kappa shape index (κ3) is 5.85. The van der Waals surface area contributed by atoms with Crippen LogP contribution in [0.2, 0.25) is 0 Å². The van der Waals surface area contributed by atoms with E-state index >= 15 is 0 Å². The van der Waals surface area contributed by atoms with E-state index in [1.807, 2.05) is 30.3 Å². The third-order valence-electron chi connectivity index (χ3n) is 8.09. The Bertz CT molecular complexity index is 1840. The molecule has 10 heteroatoms. The average Bonchev–Trinajstić information content (AvgIpc) is 3.54. The molecule has 3 unspecified atom stereocenters. The molecule has 4 aromatic carbocycles. The average molecular weight is 613 g/mol. The molecule has 4 aromatic rings. The zero-order valence-electron chi connectivity index (χ0n) is 23.8. The van der Waals surface area contributed by atoms with Crippen molar-refractivity contribution < 1.29 is 22.0 Å². The van der Waals surface area contributed by atoms with Crippen molar-refractivity contribution in [3.8, 4) is 0 Å². The second-order valence-corrected chi connectivity index (χ2v) is 12.7. The maximum Gasteiger partial charge on any atom is 0.264 e. The molecule has 2 N–H and O–H groups in total. The Morgan fingerprint density at radius 2 is 1.64 bits per heavy atom. The summed E-state index contributed by atoms with van der Waals surface area (Å²) in [6, 6.07) is 25.2. The lowest BCUT2D eigenvalue weighted by atomic mass is 9.76. The van der Waals surface area contributed by atoms with Gasteiger partial charge in [0.1, 0.15) is 18.2 Å². The Kier molecular flexibility index (Phi) is 8.01. The number of rotatable bonds is 8. The summed E-state index contributed by atoms with van der Waals surface area (Å²) in [5.74, 6) is -1.02. The van der Waals surface area contributed by atoms with E-state index in [2.05, 4.69) is 28.0 Å². The van der Waals surface area contributed by atoms with E-state index in [0.29, 0.717) is 5.71 Å². The first kappa shape index (κ1) is 29.3. The predicted molar refractivity (Wildman–Crippen MR) is 167 cm³/mol. The summed E-state index contributed by atoms with van der Waals surface area (Å²) < 4.78 is 55.0. The number of hydrazone groups is 1. The van der Waals surface area contributed by atoms with Crippen molar-refractivity contribution in [3.63, 3.8) is 0 Å². The molecule has 0 bridgehead atoms. The molecule has 1 heterocycles. The molecule has 7 nitrogen and oxygen atoms in total. The summed E-state index contributed by atoms with van der Waals surface area (Å²) in [6.07, 6.45) is 5.27. The Hall–Kier alpha value is -4.83. The van der Waals surface area contributed by atoms with E-state index in [1.165, 1.54) is 36.4 Å². The number of sulfonamides is 1. The van der Waals surface area contributed by atoms with E-state index in [1.54, 1.807) is 25.1 Å². The van der Waals surface area contributed by atoms with Crippen LogP contribution in [-0.4, -0.2) is 26.6 Å². The predicted octanol–water partition coefficient (Wildman–Crippen LogP) is 6.53. The minimum absolute atomic E-state index is 0.000379. The Morgan fingerprint density at radius 3 is 2.34 bits per heavy atom. The van der Waals surface area contributed by atoms with Gasteiger partial charge in [0.15, 0.2) is 0 Å². The van der Waals surface area contributed by atoms with Crippen LogP contribution >= 0.6 is 0 Å². The number of fused-ring (bicyclic) bond motifs is 3. The van der Waals surface area contributed by atoms with Crippen molar-refractivity contribution >= 4 is 33.0 Å². The van der Waals surface area contributed by atoms with Crippen molar-refractivity contribution in [2.24, 2.45) is 11.0 Å². The van der Waals surface area contributed by atoms with Crippen LogP contribution in [0.3, 0.4) is 0 Å². The van der Waals surface area contributed by atoms with Crippen LogP contribution in [0, 0.1) is 17.6 Å². The lowest BCUT2D eigenvalue weighted by Gasteiger charge is -2.37. The molecule has 224 valence electrons. The summed E-state index contributed by atoms with van der Waals surface area (Å²) in [5, 5.41) is 7.91. The third-order valence-corrected chi connectivity index (χ3v) is 9.88. The first-order valence-corrected chi connectivity index (χ1v) is 15.6. The van der Waals surface area contributed by atoms with Gasteiger partial charge in [-0.05, 0) is 96.6 Å². The molecule has 0 spiro atoms. The van der Waals surface area contributed by atoms with Gasteiger partial charge in [0.2, 0.25) is 0 Å². The Labute approximate surface area is 255 Å². The van der Waals surface area contributed by atoms with E-state index < -0.39 is 28.3 Å². The van der Waals surface area contributed by atoms with Crippen molar-refractivity contribution in [1.29, 1.82) is 0 Å². The number of benzene rings is 4. The number of nitrogens with zero attached hydrogens (tertiary/aromatic N) is 2. The van der Waals surface area contributed by atoms with Crippen LogP contribution in [0.1, 0.15) is 42.0 Å². The SMILES string of the molecule is C/C(=N/NC(=O)CN(c1ccc(F)cc1)S(=O)(=O)c1ccccc1)c1ccc2c(c1)C1C=CCC1C(c1ccc(F)cc1)N2. The number of allylic oxidation sites excluding steroid dienone is 2. The monoisotopic (exact) mass is 612 g/mol. The highest BCUT2D eigenvalue weighted by molar-refractivity contribution is 7.92. The standard InChI is InChI=1S/C34H30F2N4O3S/c1-22(24-12-19-32-31(20-24)29-8-5-9-30(29)34(37-32)23-10-13-25(35)14-11-23)38-39-33(41)21-40(27-17-15-26(36)16-18-27)44(42,43)28-6-3-2-4-7-28/h2-8,10-20,29-30,34,37H,9,21H2,1H3,(H,39,41)/b38-22-. The first-order chi connectivity index (χ1) is 21.2. The minimum Gasteiger partial charge on any atom is -0.378 e. The number of halogens is 2. The normalized spacial score (nSPS) is 19.1. The van der Waals surface area contributed by atoms with Gasteiger partial charge in [0.25, 0.3) is 15.9 Å². The van der Waals surface area contributed by atoms with Crippen molar-refractivity contribution in [3.05, 3.63) is 138 Å². The summed E-state index contributed by atoms with van der Waals surface area (Å²) in [5.41, 5.74) is 7.09. The van der Waals surface area contributed by atoms with E-state index in [0.717, 1.165) is 45.2 Å². The van der Waals surface area contributed by atoms with Gasteiger partial charge in [-0.1, -0.05) is 48.6 Å².